The first kappa shape index (κ1) is 15.1. The molecule has 0 spiro atoms. The van der Waals surface area contributed by atoms with Gasteiger partial charge < -0.3 is 9.67 Å². The first-order valence-corrected chi connectivity index (χ1v) is 7.53. The zero-order valence-electron chi connectivity index (χ0n) is 11.0. The van der Waals surface area contributed by atoms with E-state index in [-0.39, 0.29) is 24.1 Å². The normalized spacial score (nSPS) is 13.8. The first-order chi connectivity index (χ1) is 8.40. The molecule has 0 bridgehead atoms. The van der Waals surface area contributed by atoms with Gasteiger partial charge in [0.2, 0.25) is 0 Å². The molecule has 0 saturated heterocycles. The predicted molar refractivity (Wildman–Crippen MR) is 68.7 cm³/mol. The van der Waals surface area contributed by atoms with Crippen LogP contribution < -0.4 is 4.72 Å². The number of nitrogens with one attached hydrogen (secondary N) is 1. The fraction of sp³-hybridized carbons (Fsp3) is 0.727. The lowest BCUT2D eigenvalue weighted by Crippen LogP contribution is -2.29. The highest BCUT2D eigenvalue weighted by atomic mass is 32.2. The van der Waals surface area contributed by atoms with Gasteiger partial charge in [-0.15, -0.1) is 0 Å². The third-order valence-corrected chi connectivity index (χ3v) is 3.92. The maximum atomic E-state index is 12.0. The van der Waals surface area contributed by atoms with Gasteiger partial charge in [-0.2, -0.15) is 0 Å². The molecule has 6 nitrogen and oxygen atoms in total. The van der Waals surface area contributed by atoms with Gasteiger partial charge in [0, 0.05) is 25.9 Å². The molecule has 0 amide bonds. The summed E-state index contributed by atoms with van der Waals surface area (Å²) in [6.07, 6.45) is 2.47. The molecular weight excluding hydrogens is 254 g/mol. The average Bonchev–Trinajstić information content (AvgIpc) is 2.69. The zero-order chi connectivity index (χ0) is 13.8. The van der Waals surface area contributed by atoms with E-state index in [2.05, 4.69) is 9.71 Å². The Morgan fingerprint density at radius 3 is 2.78 bits per heavy atom. The Balaban J connectivity index is 2.82. The second-order valence-corrected chi connectivity index (χ2v) is 6.17. The van der Waals surface area contributed by atoms with Crippen molar-refractivity contribution in [3.05, 3.63) is 12.0 Å². The first-order valence-electron chi connectivity index (χ1n) is 6.05. The molecule has 18 heavy (non-hydrogen) atoms. The smallest absolute Gasteiger partial charge is 0.259 e. The van der Waals surface area contributed by atoms with E-state index in [0.29, 0.717) is 5.82 Å². The molecule has 1 unspecified atom stereocenters. The van der Waals surface area contributed by atoms with Crippen molar-refractivity contribution in [1.29, 1.82) is 0 Å². The van der Waals surface area contributed by atoms with Crippen molar-refractivity contribution >= 4 is 10.0 Å². The lowest BCUT2D eigenvalue weighted by molar-refractivity contribution is 0.238. The number of rotatable bonds is 7. The molecule has 0 aliphatic rings. The van der Waals surface area contributed by atoms with Crippen LogP contribution in [0.4, 0.5) is 0 Å². The van der Waals surface area contributed by atoms with Crippen LogP contribution in [0.3, 0.4) is 0 Å². The van der Waals surface area contributed by atoms with E-state index >= 15 is 0 Å². The topological polar surface area (TPSA) is 84.2 Å². The van der Waals surface area contributed by atoms with E-state index < -0.39 is 10.0 Å². The Hall–Kier alpha value is -0.920. The number of aryl methyl sites for hydroxylation is 2. The molecule has 0 saturated carbocycles. The Morgan fingerprint density at radius 1 is 1.56 bits per heavy atom. The number of imidazole rings is 1. The standard InChI is InChI=1S/C11H21N3O3S/c1-4-5-14-7-11(13-10(14)3)18(16,17)12-6-9(2)8-15/h7,9,12,15H,4-6,8H2,1-3H3. The maximum absolute atomic E-state index is 12.0. The number of nitrogens with zero attached hydrogens (tertiary/aromatic N) is 2. The van der Waals surface area contributed by atoms with Crippen LogP contribution in [0, 0.1) is 12.8 Å². The highest BCUT2D eigenvalue weighted by molar-refractivity contribution is 7.89. The summed E-state index contributed by atoms with van der Waals surface area (Å²) in [5.41, 5.74) is 0. The maximum Gasteiger partial charge on any atom is 0.259 e. The Labute approximate surface area is 108 Å². The van der Waals surface area contributed by atoms with Crippen LogP contribution in [0.15, 0.2) is 11.2 Å². The van der Waals surface area contributed by atoms with Crippen molar-refractivity contribution in [2.75, 3.05) is 13.2 Å². The third kappa shape index (κ3) is 3.79. The Morgan fingerprint density at radius 2 is 2.22 bits per heavy atom. The number of hydrogen-bond donors (Lipinski definition) is 2. The van der Waals surface area contributed by atoms with Crippen LogP contribution in [0.1, 0.15) is 26.1 Å². The molecule has 1 rings (SSSR count). The summed E-state index contributed by atoms with van der Waals surface area (Å²) in [6, 6.07) is 0. The van der Waals surface area contributed by atoms with Gasteiger partial charge in [0.15, 0.2) is 5.03 Å². The van der Waals surface area contributed by atoms with Crippen molar-refractivity contribution in [2.45, 2.75) is 38.8 Å². The quantitative estimate of drug-likeness (QED) is 0.759. The van der Waals surface area contributed by atoms with Gasteiger partial charge in [0.05, 0.1) is 0 Å². The van der Waals surface area contributed by atoms with Gasteiger partial charge in [-0.05, 0) is 19.3 Å². The van der Waals surface area contributed by atoms with Gasteiger partial charge in [-0.1, -0.05) is 13.8 Å². The number of aliphatic hydroxyl groups is 1. The molecule has 0 radical (unpaired) electrons. The third-order valence-electron chi connectivity index (χ3n) is 2.63. The fourth-order valence-electron chi connectivity index (χ4n) is 1.47. The summed E-state index contributed by atoms with van der Waals surface area (Å²) in [4.78, 5) is 4.05. The summed E-state index contributed by atoms with van der Waals surface area (Å²) < 4.78 is 28.2. The van der Waals surface area contributed by atoms with Crippen LogP contribution in [-0.4, -0.2) is 36.2 Å². The van der Waals surface area contributed by atoms with Crippen molar-refractivity contribution in [3.63, 3.8) is 0 Å². The molecule has 0 aliphatic heterocycles. The lowest BCUT2D eigenvalue weighted by atomic mass is 10.2. The highest BCUT2D eigenvalue weighted by Gasteiger charge is 2.19. The van der Waals surface area contributed by atoms with E-state index in [4.69, 9.17) is 5.11 Å². The number of sulfonamides is 1. The molecule has 1 aromatic heterocycles. The predicted octanol–water partition coefficient (Wildman–Crippen LogP) is 0.508. The molecule has 1 atom stereocenters. The minimum absolute atomic E-state index is 0.0404. The van der Waals surface area contributed by atoms with Crippen molar-refractivity contribution in [2.24, 2.45) is 5.92 Å². The van der Waals surface area contributed by atoms with Crippen LogP contribution in [0.25, 0.3) is 0 Å². The molecule has 0 aromatic carbocycles. The van der Waals surface area contributed by atoms with Crippen molar-refractivity contribution in [1.82, 2.24) is 14.3 Å². The molecule has 7 heteroatoms. The van der Waals surface area contributed by atoms with Crippen molar-refractivity contribution in [3.8, 4) is 0 Å². The lowest BCUT2D eigenvalue weighted by Gasteiger charge is -2.08. The SMILES string of the molecule is CCCn1cc(S(=O)(=O)NCC(C)CO)nc1C. The second-order valence-electron chi connectivity index (χ2n) is 4.46. The summed E-state index contributed by atoms with van der Waals surface area (Å²) >= 11 is 0. The number of aromatic nitrogens is 2. The van der Waals surface area contributed by atoms with Crippen LogP contribution >= 0.6 is 0 Å². The molecular formula is C11H21N3O3S. The monoisotopic (exact) mass is 275 g/mol. The van der Waals surface area contributed by atoms with Gasteiger partial charge >= 0.3 is 0 Å². The van der Waals surface area contributed by atoms with Crippen molar-refractivity contribution < 1.29 is 13.5 Å². The molecule has 104 valence electrons. The van der Waals surface area contributed by atoms with Gasteiger partial charge in [-0.25, -0.2) is 18.1 Å². The second kappa shape index (κ2) is 6.31. The minimum atomic E-state index is -3.58. The van der Waals surface area contributed by atoms with Gasteiger partial charge in [-0.3, -0.25) is 0 Å². The fourth-order valence-corrected chi connectivity index (χ4v) is 2.64. The van der Waals surface area contributed by atoms with Crippen LogP contribution in [0.5, 0.6) is 0 Å². The number of hydrogen-bond acceptors (Lipinski definition) is 4. The molecule has 2 N–H and O–H groups in total. The minimum Gasteiger partial charge on any atom is -0.396 e. The van der Waals surface area contributed by atoms with E-state index in [1.807, 2.05) is 11.5 Å². The van der Waals surface area contributed by atoms with E-state index in [1.165, 1.54) is 0 Å². The molecule has 1 aromatic rings. The Kier molecular flexibility index (Phi) is 5.30. The molecule has 0 aliphatic carbocycles. The average molecular weight is 275 g/mol. The van der Waals surface area contributed by atoms with E-state index in [9.17, 15) is 8.42 Å². The molecule has 0 fully saturated rings. The van der Waals surface area contributed by atoms with Crippen LogP contribution in [-0.2, 0) is 16.6 Å². The summed E-state index contributed by atoms with van der Waals surface area (Å²) in [7, 11) is -3.58. The molecule has 1 heterocycles. The van der Waals surface area contributed by atoms with Gasteiger partial charge in [0.1, 0.15) is 5.82 Å². The number of aliphatic hydroxyl groups excluding tert-OH is 1. The van der Waals surface area contributed by atoms with E-state index in [0.717, 1.165) is 13.0 Å². The van der Waals surface area contributed by atoms with E-state index in [1.54, 1.807) is 20.0 Å². The van der Waals surface area contributed by atoms with Crippen LogP contribution in [0.2, 0.25) is 0 Å². The summed E-state index contributed by atoms with van der Waals surface area (Å²) in [5, 5.41) is 8.91. The highest BCUT2D eigenvalue weighted by Crippen LogP contribution is 2.10. The van der Waals surface area contributed by atoms with Gasteiger partial charge in [0.25, 0.3) is 10.0 Å². The Bertz CT molecular complexity index is 482. The largest absolute Gasteiger partial charge is 0.396 e. The zero-order valence-corrected chi connectivity index (χ0v) is 11.9. The summed E-state index contributed by atoms with van der Waals surface area (Å²) in [5.74, 6) is 0.575. The summed E-state index contributed by atoms with van der Waals surface area (Å²) in [6.45, 7) is 6.48.